The smallest absolute Gasteiger partial charge is 0.152 e. The third kappa shape index (κ3) is 2.10. The number of carbonyl (C=O) groups is 1. The highest BCUT2D eigenvalue weighted by atomic mass is 16.1. The van der Waals surface area contributed by atoms with E-state index < -0.39 is 0 Å². The number of ketones is 1. The standard InChI is InChI=1S/C16H19NO/c1-11(2)16-14(10-9-12(3)18)13-7-5-6-8-15(13)17(16)4/h5-11H,1-4H3. The zero-order chi connectivity index (χ0) is 13.3. The maximum absolute atomic E-state index is 11.1. The van der Waals surface area contributed by atoms with Crippen LogP contribution in [0.1, 0.15) is 37.9 Å². The highest BCUT2D eigenvalue weighted by Crippen LogP contribution is 2.31. The van der Waals surface area contributed by atoms with Crippen LogP contribution in [0.2, 0.25) is 0 Å². The van der Waals surface area contributed by atoms with E-state index in [0.717, 1.165) is 0 Å². The average Bonchev–Trinajstić information content (AvgIpc) is 2.60. The first-order valence-corrected chi connectivity index (χ1v) is 6.28. The number of nitrogens with zero attached hydrogens (tertiary/aromatic N) is 1. The summed E-state index contributed by atoms with van der Waals surface area (Å²) in [5.41, 5.74) is 3.65. The molecule has 0 aliphatic rings. The Morgan fingerprint density at radius 3 is 2.56 bits per heavy atom. The van der Waals surface area contributed by atoms with Crippen molar-refractivity contribution in [3.63, 3.8) is 0 Å². The number of rotatable bonds is 3. The zero-order valence-electron chi connectivity index (χ0n) is 11.4. The van der Waals surface area contributed by atoms with E-state index in [-0.39, 0.29) is 5.78 Å². The molecule has 2 aromatic rings. The number of para-hydroxylation sites is 1. The van der Waals surface area contributed by atoms with Crippen LogP contribution in [0.4, 0.5) is 0 Å². The van der Waals surface area contributed by atoms with Crippen molar-refractivity contribution in [2.75, 3.05) is 0 Å². The van der Waals surface area contributed by atoms with Crippen LogP contribution in [0.25, 0.3) is 17.0 Å². The van der Waals surface area contributed by atoms with Gasteiger partial charge in [-0.2, -0.15) is 0 Å². The van der Waals surface area contributed by atoms with Gasteiger partial charge in [-0.25, -0.2) is 0 Å². The largest absolute Gasteiger partial charge is 0.347 e. The number of aromatic nitrogens is 1. The summed E-state index contributed by atoms with van der Waals surface area (Å²) in [6, 6.07) is 8.32. The number of fused-ring (bicyclic) bond motifs is 1. The molecule has 0 atom stereocenters. The maximum Gasteiger partial charge on any atom is 0.152 e. The number of aryl methyl sites for hydroxylation is 1. The molecule has 1 aromatic carbocycles. The summed E-state index contributed by atoms with van der Waals surface area (Å²) in [5.74, 6) is 0.506. The minimum atomic E-state index is 0.0811. The van der Waals surface area contributed by atoms with Crippen LogP contribution < -0.4 is 0 Å². The molecule has 0 saturated heterocycles. The molecule has 0 saturated carbocycles. The second-order valence-electron chi connectivity index (χ2n) is 4.97. The van der Waals surface area contributed by atoms with Crippen LogP contribution in [-0.2, 0) is 11.8 Å². The first kappa shape index (κ1) is 12.6. The van der Waals surface area contributed by atoms with E-state index in [4.69, 9.17) is 0 Å². The lowest BCUT2D eigenvalue weighted by molar-refractivity contribution is -0.112. The number of carbonyl (C=O) groups excluding carboxylic acids is 1. The number of hydrogen-bond acceptors (Lipinski definition) is 1. The van der Waals surface area contributed by atoms with Crippen molar-refractivity contribution in [3.8, 4) is 0 Å². The number of allylic oxidation sites excluding steroid dienone is 1. The molecule has 2 rings (SSSR count). The molecule has 1 aromatic heterocycles. The van der Waals surface area contributed by atoms with Crippen molar-refractivity contribution in [2.45, 2.75) is 26.7 Å². The fourth-order valence-corrected chi connectivity index (χ4v) is 2.52. The first-order valence-electron chi connectivity index (χ1n) is 6.28. The highest BCUT2D eigenvalue weighted by Gasteiger charge is 2.15. The van der Waals surface area contributed by atoms with Gasteiger partial charge in [0.05, 0.1) is 0 Å². The quantitative estimate of drug-likeness (QED) is 0.747. The van der Waals surface area contributed by atoms with Crippen molar-refractivity contribution >= 4 is 22.8 Å². The van der Waals surface area contributed by atoms with Gasteiger partial charge < -0.3 is 4.57 Å². The summed E-state index contributed by atoms with van der Waals surface area (Å²) in [7, 11) is 2.09. The second kappa shape index (κ2) is 4.81. The first-order chi connectivity index (χ1) is 8.52. The zero-order valence-corrected chi connectivity index (χ0v) is 11.4. The Morgan fingerprint density at radius 1 is 1.28 bits per heavy atom. The number of hydrogen-bond donors (Lipinski definition) is 0. The van der Waals surface area contributed by atoms with Gasteiger partial charge in [0.1, 0.15) is 0 Å². The van der Waals surface area contributed by atoms with E-state index in [1.165, 1.54) is 22.2 Å². The minimum Gasteiger partial charge on any atom is -0.347 e. The van der Waals surface area contributed by atoms with Gasteiger partial charge in [0.15, 0.2) is 5.78 Å². The summed E-state index contributed by atoms with van der Waals surface area (Å²) >= 11 is 0. The minimum absolute atomic E-state index is 0.0811. The van der Waals surface area contributed by atoms with E-state index in [9.17, 15) is 4.79 Å². The van der Waals surface area contributed by atoms with E-state index in [2.05, 4.69) is 37.6 Å². The molecule has 0 aliphatic heterocycles. The second-order valence-corrected chi connectivity index (χ2v) is 4.97. The third-order valence-corrected chi connectivity index (χ3v) is 3.22. The normalized spacial score (nSPS) is 11.8. The van der Waals surface area contributed by atoms with Gasteiger partial charge in [-0.05, 0) is 31.1 Å². The predicted octanol–water partition coefficient (Wildman–Crippen LogP) is 3.90. The SMILES string of the molecule is CC(=O)C=Cc1c(C(C)C)n(C)c2ccccc12. The molecule has 0 aliphatic carbocycles. The van der Waals surface area contributed by atoms with E-state index in [1.807, 2.05) is 18.2 Å². The van der Waals surface area contributed by atoms with Gasteiger partial charge in [-0.15, -0.1) is 0 Å². The third-order valence-electron chi connectivity index (χ3n) is 3.22. The highest BCUT2D eigenvalue weighted by molar-refractivity contribution is 5.97. The van der Waals surface area contributed by atoms with Crippen LogP contribution >= 0.6 is 0 Å². The maximum atomic E-state index is 11.1. The van der Waals surface area contributed by atoms with Gasteiger partial charge in [-0.1, -0.05) is 32.0 Å². The summed E-state index contributed by atoms with van der Waals surface area (Å²) in [6.45, 7) is 5.94. The molecule has 0 amide bonds. The van der Waals surface area contributed by atoms with Crippen molar-refractivity contribution in [2.24, 2.45) is 7.05 Å². The lowest BCUT2D eigenvalue weighted by Gasteiger charge is -2.09. The average molecular weight is 241 g/mol. The molecule has 2 heteroatoms. The van der Waals surface area contributed by atoms with Crippen molar-refractivity contribution in [3.05, 3.63) is 41.6 Å². The van der Waals surface area contributed by atoms with Crippen LogP contribution in [-0.4, -0.2) is 10.4 Å². The van der Waals surface area contributed by atoms with Crippen LogP contribution in [0.5, 0.6) is 0 Å². The molecule has 1 heterocycles. The van der Waals surface area contributed by atoms with Gasteiger partial charge in [0, 0.05) is 29.2 Å². The van der Waals surface area contributed by atoms with Crippen molar-refractivity contribution < 1.29 is 4.79 Å². The molecule has 18 heavy (non-hydrogen) atoms. The van der Waals surface area contributed by atoms with Gasteiger partial charge in [0.2, 0.25) is 0 Å². The fraction of sp³-hybridized carbons (Fsp3) is 0.312. The summed E-state index contributed by atoms with van der Waals surface area (Å²) in [5, 5.41) is 1.21. The molecular formula is C16H19NO. The van der Waals surface area contributed by atoms with E-state index in [0.29, 0.717) is 5.92 Å². The van der Waals surface area contributed by atoms with Gasteiger partial charge >= 0.3 is 0 Å². The molecule has 0 unspecified atom stereocenters. The van der Waals surface area contributed by atoms with Crippen LogP contribution in [0.3, 0.4) is 0 Å². The molecule has 0 radical (unpaired) electrons. The molecule has 94 valence electrons. The Hall–Kier alpha value is -1.83. The van der Waals surface area contributed by atoms with Crippen LogP contribution in [0, 0.1) is 0 Å². The summed E-state index contributed by atoms with van der Waals surface area (Å²) in [4.78, 5) is 11.1. The van der Waals surface area contributed by atoms with E-state index >= 15 is 0 Å². The summed E-state index contributed by atoms with van der Waals surface area (Å²) in [6.07, 6.45) is 3.59. The van der Waals surface area contributed by atoms with Crippen molar-refractivity contribution in [1.82, 2.24) is 4.57 Å². The van der Waals surface area contributed by atoms with E-state index in [1.54, 1.807) is 13.0 Å². The fourth-order valence-electron chi connectivity index (χ4n) is 2.52. The topological polar surface area (TPSA) is 22.0 Å². The lowest BCUT2D eigenvalue weighted by atomic mass is 10.0. The molecule has 0 N–H and O–H groups in total. The molecule has 0 spiro atoms. The molecule has 2 nitrogen and oxygen atoms in total. The molecular weight excluding hydrogens is 222 g/mol. The monoisotopic (exact) mass is 241 g/mol. The van der Waals surface area contributed by atoms with Crippen molar-refractivity contribution in [1.29, 1.82) is 0 Å². The Morgan fingerprint density at radius 2 is 1.94 bits per heavy atom. The van der Waals surface area contributed by atoms with Crippen LogP contribution in [0.15, 0.2) is 30.3 Å². The predicted molar refractivity (Wildman–Crippen MR) is 76.7 cm³/mol. The Kier molecular flexibility index (Phi) is 3.37. The number of benzene rings is 1. The molecule has 0 bridgehead atoms. The Balaban J connectivity index is 2.75. The van der Waals surface area contributed by atoms with Gasteiger partial charge in [0.25, 0.3) is 0 Å². The molecule has 0 fully saturated rings. The Bertz CT molecular complexity index is 617. The summed E-state index contributed by atoms with van der Waals surface area (Å²) < 4.78 is 2.22. The Labute approximate surface area is 108 Å². The lowest BCUT2D eigenvalue weighted by Crippen LogP contribution is -1.99. The van der Waals surface area contributed by atoms with Gasteiger partial charge in [-0.3, -0.25) is 4.79 Å².